The monoisotopic (exact) mass is 235 g/mol. The molecule has 0 aliphatic heterocycles. The number of ether oxygens (including phenoxy) is 1. The number of aryl methyl sites for hydroxylation is 1. The van der Waals surface area contributed by atoms with Gasteiger partial charge in [-0.25, -0.2) is 4.98 Å². The zero-order valence-corrected chi connectivity index (χ0v) is 9.97. The van der Waals surface area contributed by atoms with Crippen molar-refractivity contribution in [3.05, 3.63) is 30.2 Å². The van der Waals surface area contributed by atoms with Crippen molar-refractivity contribution in [1.29, 1.82) is 0 Å². The Labute approximate surface area is 103 Å². The maximum Gasteiger partial charge on any atom is 0.140 e. The smallest absolute Gasteiger partial charge is 0.140 e. The second-order valence-corrected chi connectivity index (χ2v) is 4.14. The molecule has 0 aliphatic carbocycles. The molecule has 94 valence electrons. The number of imidazole rings is 1. The van der Waals surface area contributed by atoms with E-state index < -0.39 is 0 Å². The third-order valence-corrected chi connectivity index (χ3v) is 2.48. The van der Waals surface area contributed by atoms with Gasteiger partial charge in [-0.05, 0) is 27.1 Å². The van der Waals surface area contributed by atoms with Gasteiger partial charge in [-0.3, -0.25) is 0 Å². The Hall–Kier alpha value is -1.55. The lowest BCUT2D eigenvalue weighted by atomic mass is 10.4. The number of hydrogen-bond donors (Lipinski definition) is 0. The van der Waals surface area contributed by atoms with E-state index in [1.54, 1.807) is 0 Å². The van der Waals surface area contributed by atoms with Gasteiger partial charge in [0.2, 0.25) is 0 Å². The Morgan fingerprint density at radius 3 is 2.88 bits per heavy atom. The highest BCUT2D eigenvalue weighted by molar-refractivity contribution is 5.45. The molecule has 17 heavy (non-hydrogen) atoms. The molecule has 2 aromatic rings. The van der Waals surface area contributed by atoms with Crippen LogP contribution in [0.4, 0.5) is 0 Å². The van der Waals surface area contributed by atoms with Crippen molar-refractivity contribution in [3.8, 4) is 5.75 Å². The summed E-state index contributed by atoms with van der Waals surface area (Å²) in [4.78, 5) is 6.39. The summed E-state index contributed by atoms with van der Waals surface area (Å²) in [6.45, 7) is 3.65. The molecular weight excluding hydrogens is 214 g/mol. The number of hydrogen-bond acceptors (Lipinski definition) is 3. The van der Waals surface area contributed by atoms with Crippen LogP contribution in [-0.4, -0.2) is 41.5 Å². The van der Waals surface area contributed by atoms with E-state index in [0.29, 0.717) is 6.61 Å². The molecule has 0 amide bonds. The first-order valence-corrected chi connectivity index (χ1v) is 5.38. The van der Waals surface area contributed by atoms with Crippen molar-refractivity contribution < 1.29 is 4.74 Å². The summed E-state index contributed by atoms with van der Waals surface area (Å²) in [5.74, 6) is 0.875. The number of aromatic nitrogens is 2. The van der Waals surface area contributed by atoms with E-state index >= 15 is 0 Å². The van der Waals surface area contributed by atoms with Crippen molar-refractivity contribution >= 4 is 5.65 Å². The van der Waals surface area contributed by atoms with Gasteiger partial charge in [-0.2, -0.15) is 0 Å². The average molecular weight is 235 g/mol. The molecule has 0 atom stereocenters. The van der Waals surface area contributed by atoms with Gasteiger partial charge in [0.05, 0.1) is 0 Å². The fraction of sp³-hybridized carbons (Fsp3) is 0.462. The molecule has 0 radical (unpaired) electrons. The summed E-state index contributed by atoms with van der Waals surface area (Å²) in [6.07, 6.45) is 3.85. The largest absolute Gasteiger partial charge is 0.492 e. The summed E-state index contributed by atoms with van der Waals surface area (Å²) < 4.78 is 7.68. The highest BCUT2D eigenvalue weighted by atomic mass is 16.5. The van der Waals surface area contributed by atoms with Crippen LogP contribution in [0.15, 0.2) is 24.5 Å². The average Bonchev–Trinajstić information content (AvgIpc) is 2.60. The molecule has 0 aromatic carbocycles. The van der Waals surface area contributed by atoms with Gasteiger partial charge >= 0.3 is 0 Å². The first-order valence-electron chi connectivity index (χ1n) is 5.38. The molecule has 0 saturated heterocycles. The summed E-state index contributed by atoms with van der Waals surface area (Å²) in [5, 5.41) is 0. The minimum Gasteiger partial charge on any atom is -0.492 e. The van der Waals surface area contributed by atoms with E-state index in [4.69, 9.17) is 4.74 Å². The van der Waals surface area contributed by atoms with Crippen molar-refractivity contribution in [2.24, 2.45) is 0 Å². The SMILES string of the molecule is C.Cc1cnc2cc(OCCN(C)C)ccn12. The first-order chi connectivity index (χ1) is 7.66. The van der Waals surface area contributed by atoms with Crippen LogP contribution in [-0.2, 0) is 0 Å². The van der Waals surface area contributed by atoms with Gasteiger partial charge in [-0.15, -0.1) is 0 Å². The third kappa shape index (κ3) is 3.20. The van der Waals surface area contributed by atoms with Crippen molar-refractivity contribution in [3.63, 3.8) is 0 Å². The number of nitrogens with zero attached hydrogens (tertiary/aromatic N) is 3. The molecule has 2 rings (SSSR count). The van der Waals surface area contributed by atoms with Gasteiger partial charge < -0.3 is 14.0 Å². The molecule has 2 heterocycles. The fourth-order valence-corrected chi connectivity index (χ4v) is 1.52. The Balaban J connectivity index is 0.00000144. The molecular formula is C13H21N3O. The van der Waals surface area contributed by atoms with Crippen LogP contribution >= 0.6 is 0 Å². The Morgan fingerprint density at radius 1 is 1.41 bits per heavy atom. The lowest BCUT2D eigenvalue weighted by Crippen LogP contribution is -2.19. The summed E-state index contributed by atoms with van der Waals surface area (Å²) in [7, 11) is 4.06. The van der Waals surface area contributed by atoms with E-state index in [9.17, 15) is 0 Å². The molecule has 0 unspecified atom stereocenters. The van der Waals surface area contributed by atoms with Crippen LogP contribution in [0.3, 0.4) is 0 Å². The molecule has 0 saturated carbocycles. The van der Waals surface area contributed by atoms with Crippen molar-refractivity contribution in [1.82, 2.24) is 14.3 Å². The highest BCUT2D eigenvalue weighted by Crippen LogP contribution is 2.14. The van der Waals surface area contributed by atoms with E-state index in [2.05, 4.69) is 9.88 Å². The molecule has 0 aliphatic rings. The standard InChI is InChI=1S/C12H17N3O.CH4/c1-10-9-13-12-8-11(4-5-15(10)12)16-7-6-14(2)3;/h4-5,8-9H,6-7H2,1-3H3;1H4. The number of rotatable bonds is 4. The topological polar surface area (TPSA) is 29.8 Å². The van der Waals surface area contributed by atoms with Crippen LogP contribution in [0.5, 0.6) is 5.75 Å². The minimum absolute atomic E-state index is 0. The highest BCUT2D eigenvalue weighted by Gasteiger charge is 2.01. The van der Waals surface area contributed by atoms with Gasteiger partial charge in [0.25, 0.3) is 0 Å². The van der Waals surface area contributed by atoms with Crippen molar-refractivity contribution in [2.45, 2.75) is 14.4 Å². The fourth-order valence-electron chi connectivity index (χ4n) is 1.52. The second-order valence-electron chi connectivity index (χ2n) is 4.14. The Morgan fingerprint density at radius 2 is 2.18 bits per heavy atom. The zero-order valence-electron chi connectivity index (χ0n) is 9.97. The van der Waals surface area contributed by atoms with E-state index in [-0.39, 0.29) is 7.43 Å². The quantitative estimate of drug-likeness (QED) is 0.814. The third-order valence-electron chi connectivity index (χ3n) is 2.48. The predicted octanol–water partition coefficient (Wildman–Crippen LogP) is 2.22. The predicted molar refractivity (Wildman–Crippen MR) is 70.7 cm³/mol. The van der Waals surface area contributed by atoms with E-state index in [1.807, 2.05) is 49.9 Å². The molecule has 4 heteroatoms. The molecule has 0 N–H and O–H groups in total. The lowest BCUT2D eigenvalue weighted by Gasteiger charge is -2.11. The maximum absolute atomic E-state index is 5.64. The second kappa shape index (κ2) is 5.68. The van der Waals surface area contributed by atoms with Crippen molar-refractivity contribution in [2.75, 3.05) is 27.2 Å². The Bertz CT molecular complexity index is 476. The summed E-state index contributed by atoms with van der Waals surface area (Å²) >= 11 is 0. The van der Waals surface area contributed by atoms with Crippen LogP contribution < -0.4 is 4.74 Å². The number of fused-ring (bicyclic) bond motifs is 1. The summed E-state index contributed by atoms with van der Waals surface area (Å²) in [6, 6.07) is 3.93. The van der Waals surface area contributed by atoms with E-state index in [0.717, 1.165) is 23.6 Å². The van der Waals surface area contributed by atoms with E-state index in [1.165, 1.54) is 0 Å². The maximum atomic E-state index is 5.64. The molecule has 0 spiro atoms. The molecule has 4 nitrogen and oxygen atoms in total. The lowest BCUT2D eigenvalue weighted by molar-refractivity contribution is 0.261. The number of likely N-dealkylation sites (N-methyl/N-ethyl adjacent to an activating group) is 1. The van der Waals surface area contributed by atoms with Gasteiger partial charge in [-0.1, -0.05) is 7.43 Å². The Kier molecular flexibility index (Phi) is 4.52. The van der Waals surface area contributed by atoms with Gasteiger partial charge in [0.15, 0.2) is 0 Å². The summed E-state index contributed by atoms with van der Waals surface area (Å²) in [5.41, 5.74) is 2.06. The minimum atomic E-state index is 0. The van der Waals surface area contributed by atoms with Crippen LogP contribution in [0.25, 0.3) is 5.65 Å². The van der Waals surface area contributed by atoms with Gasteiger partial charge in [0.1, 0.15) is 18.0 Å². The number of pyridine rings is 1. The molecule has 2 aromatic heterocycles. The van der Waals surface area contributed by atoms with Crippen LogP contribution in [0.1, 0.15) is 13.1 Å². The molecule has 0 bridgehead atoms. The first kappa shape index (κ1) is 13.5. The van der Waals surface area contributed by atoms with Gasteiger partial charge in [0, 0.05) is 30.7 Å². The normalized spacial score (nSPS) is 10.6. The van der Waals surface area contributed by atoms with Crippen LogP contribution in [0, 0.1) is 6.92 Å². The van der Waals surface area contributed by atoms with Crippen LogP contribution in [0.2, 0.25) is 0 Å². The molecule has 0 fully saturated rings. The zero-order chi connectivity index (χ0) is 11.5.